The number of H-pyrrole nitrogens is 1. The second-order valence-corrected chi connectivity index (χ2v) is 8.37. The van der Waals surface area contributed by atoms with Gasteiger partial charge in [-0.15, -0.1) is 0 Å². The van der Waals surface area contributed by atoms with Crippen LogP contribution >= 0.6 is 0 Å². The number of halogens is 1. The lowest BCUT2D eigenvalue weighted by molar-refractivity contribution is 0.453. The first kappa shape index (κ1) is 17.5. The molecule has 0 aliphatic carbocycles. The van der Waals surface area contributed by atoms with Gasteiger partial charge in [0.25, 0.3) is 0 Å². The highest BCUT2D eigenvalue weighted by Crippen LogP contribution is 2.35. The van der Waals surface area contributed by atoms with Crippen molar-refractivity contribution in [1.82, 2.24) is 9.97 Å². The Labute approximate surface area is 147 Å². The SMILES string of the molecule is CC(C)(C)c1c[nH]c2c(CC(C)(C)c3ccc(O)cc3F)ccnc12. The molecule has 3 rings (SSSR count). The van der Waals surface area contributed by atoms with E-state index in [4.69, 9.17) is 0 Å². The second kappa shape index (κ2) is 5.87. The summed E-state index contributed by atoms with van der Waals surface area (Å²) in [6.45, 7) is 10.5. The average Bonchev–Trinajstić information content (AvgIpc) is 2.91. The molecule has 25 heavy (non-hydrogen) atoms. The van der Waals surface area contributed by atoms with E-state index in [9.17, 15) is 9.50 Å². The second-order valence-electron chi connectivity index (χ2n) is 8.37. The predicted molar refractivity (Wildman–Crippen MR) is 99.6 cm³/mol. The number of phenolic OH excluding ortho intramolecular Hbond substituents is 1. The summed E-state index contributed by atoms with van der Waals surface area (Å²) >= 11 is 0. The van der Waals surface area contributed by atoms with Crippen LogP contribution in [0.15, 0.2) is 36.7 Å². The molecule has 0 atom stereocenters. The third-order valence-corrected chi connectivity index (χ3v) is 4.78. The molecular formula is C21H25FN2O. The molecule has 2 heterocycles. The van der Waals surface area contributed by atoms with Gasteiger partial charge in [0.05, 0.1) is 11.0 Å². The van der Waals surface area contributed by atoms with Crippen LogP contribution < -0.4 is 0 Å². The van der Waals surface area contributed by atoms with E-state index < -0.39 is 5.41 Å². The Morgan fingerprint density at radius 3 is 2.44 bits per heavy atom. The number of benzene rings is 1. The monoisotopic (exact) mass is 340 g/mol. The quantitative estimate of drug-likeness (QED) is 0.686. The zero-order valence-electron chi connectivity index (χ0n) is 15.4. The number of hydrogen-bond acceptors (Lipinski definition) is 2. The molecular weight excluding hydrogens is 315 g/mol. The number of aromatic amines is 1. The Morgan fingerprint density at radius 2 is 1.80 bits per heavy atom. The van der Waals surface area contributed by atoms with Crippen molar-refractivity contribution in [2.45, 2.75) is 51.9 Å². The molecule has 0 fully saturated rings. The van der Waals surface area contributed by atoms with Crippen LogP contribution in [-0.4, -0.2) is 15.1 Å². The van der Waals surface area contributed by atoms with E-state index in [-0.39, 0.29) is 17.0 Å². The van der Waals surface area contributed by atoms with Crippen LogP contribution in [0.25, 0.3) is 11.0 Å². The summed E-state index contributed by atoms with van der Waals surface area (Å²) < 4.78 is 14.3. The maximum Gasteiger partial charge on any atom is 0.130 e. The fraction of sp³-hybridized carbons (Fsp3) is 0.381. The van der Waals surface area contributed by atoms with Crippen molar-refractivity contribution in [3.63, 3.8) is 0 Å². The van der Waals surface area contributed by atoms with Gasteiger partial charge >= 0.3 is 0 Å². The molecule has 0 aliphatic rings. The largest absolute Gasteiger partial charge is 0.508 e. The van der Waals surface area contributed by atoms with Gasteiger partial charge in [-0.25, -0.2) is 4.39 Å². The minimum absolute atomic E-state index is 0.00244. The van der Waals surface area contributed by atoms with E-state index in [0.29, 0.717) is 12.0 Å². The molecule has 0 bridgehead atoms. The molecule has 0 spiro atoms. The Balaban J connectivity index is 2.04. The van der Waals surface area contributed by atoms with Crippen molar-refractivity contribution < 1.29 is 9.50 Å². The van der Waals surface area contributed by atoms with Gasteiger partial charge in [-0.2, -0.15) is 0 Å². The first-order valence-electron chi connectivity index (χ1n) is 8.54. The van der Waals surface area contributed by atoms with E-state index in [1.54, 1.807) is 6.07 Å². The van der Waals surface area contributed by atoms with Gasteiger partial charge in [0.2, 0.25) is 0 Å². The topological polar surface area (TPSA) is 48.9 Å². The molecule has 4 heteroatoms. The summed E-state index contributed by atoms with van der Waals surface area (Å²) in [5.74, 6) is -0.431. The molecule has 0 radical (unpaired) electrons. The van der Waals surface area contributed by atoms with Gasteiger partial charge in [0.15, 0.2) is 0 Å². The highest BCUT2D eigenvalue weighted by atomic mass is 19.1. The Hall–Kier alpha value is -2.36. The Morgan fingerprint density at radius 1 is 1.08 bits per heavy atom. The maximum atomic E-state index is 14.3. The highest BCUT2D eigenvalue weighted by molar-refractivity contribution is 5.83. The van der Waals surface area contributed by atoms with Gasteiger partial charge in [-0.05, 0) is 40.5 Å². The summed E-state index contributed by atoms with van der Waals surface area (Å²) in [5, 5.41) is 9.46. The number of phenols is 1. The molecule has 0 unspecified atom stereocenters. The highest BCUT2D eigenvalue weighted by Gasteiger charge is 2.27. The Kier molecular flexibility index (Phi) is 4.10. The zero-order valence-corrected chi connectivity index (χ0v) is 15.4. The Bertz CT molecular complexity index is 919. The first-order chi connectivity index (χ1) is 11.6. The molecule has 2 aromatic heterocycles. The minimum Gasteiger partial charge on any atom is -0.508 e. The third kappa shape index (κ3) is 3.26. The van der Waals surface area contributed by atoms with Gasteiger partial charge in [0.1, 0.15) is 11.6 Å². The number of rotatable bonds is 3. The van der Waals surface area contributed by atoms with E-state index in [2.05, 4.69) is 30.7 Å². The fourth-order valence-corrected chi connectivity index (χ4v) is 3.42. The molecule has 0 amide bonds. The lowest BCUT2D eigenvalue weighted by atomic mass is 9.78. The van der Waals surface area contributed by atoms with Gasteiger partial charge in [-0.1, -0.05) is 40.7 Å². The van der Waals surface area contributed by atoms with E-state index in [0.717, 1.165) is 16.6 Å². The van der Waals surface area contributed by atoms with Crippen LogP contribution in [0.2, 0.25) is 0 Å². The lowest BCUT2D eigenvalue weighted by Gasteiger charge is -2.26. The number of fused-ring (bicyclic) bond motifs is 1. The van der Waals surface area contributed by atoms with Crippen LogP contribution in [0.3, 0.4) is 0 Å². The molecule has 0 saturated heterocycles. The normalized spacial score (nSPS) is 12.7. The van der Waals surface area contributed by atoms with Crippen LogP contribution in [0.1, 0.15) is 51.3 Å². The van der Waals surface area contributed by atoms with Crippen molar-refractivity contribution >= 4 is 11.0 Å². The summed E-state index contributed by atoms with van der Waals surface area (Å²) in [6, 6.07) is 6.36. The van der Waals surface area contributed by atoms with E-state index in [1.807, 2.05) is 32.3 Å². The zero-order chi connectivity index (χ0) is 18.4. The summed E-state index contributed by atoms with van der Waals surface area (Å²) in [4.78, 5) is 7.93. The summed E-state index contributed by atoms with van der Waals surface area (Å²) in [7, 11) is 0. The number of pyridine rings is 1. The van der Waals surface area contributed by atoms with Crippen LogP contribution in [0.5, 0.6) is 5.75 Å². The summed E-state index contributed by atoms with van der Waals surface area (Å²) in [6.07, 6.45) is 4.51. The summed E-state index contributed by atoms with van der Waals surface area (Å²) in [5.41, 5.74) is 4.46. The molecule has 2 N–H and O–H groups in total. The third-order valence-electron chi connectivity index (χ3n) is 4.78. The van der Waals surface area contributed by atoms with Crippen LogP contribution in [0.4, 0.5) is 4.39 Å². The standard InChI is InChI=1S/C21H25FN2O/c1-20(2,3)16-12-24-18-13(8-9-23-19(16)18)11-21(4,5)15-7-6-14(25)10-17(15)22/h6-10,12,24-25H,11H2,1-5H3. The molecule has 3 aromatic rings. The number of aromatic hydroxyl groups is 1. The van der Waals surface area contributed by atoms with Gasteiger partial charge in [0, 0.05) is 24.0 Å². The molecule has 1 aromatic carbocycles. The van der Waals surface area contributed by atoms with E-state index in [1.165, 1.54) is 17.7 Å². The van der Waals surface area contributed by atoms with E-state index >= 15 is 0 Å². The van der Waals surface area contributed by atoms with Gasteiger partial charge in [-0.3, -0.25) is 4.98 Å². The molecule has 0 saturated carbocycles. The minimum atomic E-state index is -0.418. The number of aromatic nitrogens is 2. The van der Waals surface area contributed by atoms with Crippen molar-refractivity contribution in [3.05, 3.63) is 59.2 Å². The smallest absolute Gasteiger partial charge is 0.130 e. The van der Waals surface area contributed by atoms with Gasteiger partial charge < -0.3 is 10.1 Å². The number of nitrogens with zero attached hydrogens (tertiary/aromatic N) is 1. The van der Waals surface area contributed by atoms with Crippen LogP contribution in [0, 0.1) is 5.82 Å². The first-order valence-corrected chi connectivity index (χ1v) is 8.54. The lowest BCUT2D eigenvalue weighted by Crippen LogP contribution is -2.22. The molecule has 0 aliphatic heterocycles. The van der Waals surface area contributed by atoms with Crippen molar-refractivity contribution in [1.29, 1.82) is 0 Å². The molecule has 3 nitrogen and oxygen atoms in total. The predicted octanol–water partition coefficient (Wildman–Crippen LogP) is 5.23. The molecule has 132 valence electrons. The number of nitrogens with one attached hydrogen (secondary N) is 1. The maximum absolute atomic E-state index is 14.3. The fourth-order valence-electron chi connectivity index (χ4n) is 3.42. The van der Waals surface area contributed by atoms with Crippen LogP contribution in [-0.2, 0) is 17.3 Å². The van der Waals surface area contributed by atoms with Crippen molar-refractivity contribution in [2.75, 3.05) is 0 Å². The van der Waals surface area contributed by atoms with Crippen molar-refractivity contribution in [3.8, 4) is 5.75 Å². The number of hydrogen-bond donors (Lipinski definition) is 2. The average molecular weight is 340 g/mol. The van der Waals surface area contributed by atoms with Crippen molar-refractivity contribution in [2.24, 2.45) is 0 Å².